The van der Waals surface area contributed by atoms with Gasteiger partial charge in [0.2, 0.25) is 5.91 Å². The molecule has 0 spiro atoms. The molecule has 3 rings (SSSR count). The van der Waals surface area contributed by atoms with E-state index in [1.54, 1.807) is 18.2 Å². The maximum absolute atomic E-state index is 12.5. The summed E-state index contributed by atoms with van der Waals surface area (Å²) < 4.78 is 12.5. The Kier molecular flexibility index (Phi) is 5.25. The Hall–Kier alpha value is -2.44. The Morgan fingerprint density at radius 3 is 2.50 bits per heavy atom. The van der Waals surface area contributed by atoms with Crippen molar-refractivity contribution < 1.29 is 24.5 Å². The normalized spacial score (nSPS) is 13.7. The summed E-state index contributed by atoms with van der Waals surface area (Å²) in [6.45, 7) is 0.490. The minimum Gasteiger partial charge on any atom is -0.503 e. The minimum atomic E-state index is -0.505. The van der Waals surface area contributed by atoms with Gasteiger partial charge in [0.05, 0.1) is 10.0 Å². The Bertz CT molecular complexity index is 901. The summed E-state index contributed by atoms with van der Waals surface area (Å²) in [5.41, 5.74) is 1.52. The first-order valence-electron chi connectivity index (χ1n) is 7.69. The first-order valence-corrected chi connectivity index (χ1v) is 8.44. The van der Waals surface area contributed by atoms with Gasteiger partial charge in [-0.1, -0.05) is 41.4 Å². The van der Waals surface area contributed by atoms with Crippen LogP contribution in [-0.2, 0) is 17.8 Å². The van der Waals surface area contributed by atoms with E-state index in [-0.39, 0.29) is 28.2 Å². The molecule has 5 nitrogen and oxygen atoms in total. The number of aromatic hydroxyl groups is 2. The average molecular weight is 398 g/mol. The molecular weight excluding hydrogens is 384 g/mol. The number of nitrogens with zero attached hydrogens (tertiary/aromatic N) is 1. The van der Waals surface area contributed by atoms with Gasteiger partial charge >= 0.3 is 0 Å². The van der Waals surface area contributed by atoms with E-state index in [0.29, 0.717) is 29.7 Å². The highest BCUT2D eigenvalue weighted by Gasteiger charge is 2.28. The first kappa shape index (κ1) is 18.4. The molecule has 1 aliphatic heterocycles. The molecule has 0 aromatic heterocycles. The van der Waals surface area contributed by atoms with Gasteiger partial charge in [-0.2, -0.15) is 0 Å². The van der Waals surface area contributed by atoms with E-state index in [9.17, 15) is 19.5 Å². The molecule has 0 radical (unpaired) electrons. The van der Waals surface area contributed by atoms with Crippen molar-refractivity contribution in [2.75, 3.05) is 6.54 Å². The number of hydrogen-bond donors (Lipinski definition) is 2. The van der Waals surface area contributed by atoms with Crippen molar-refractivity contribution in [3.8, 4) is 17.2 Å². The lowest BCUT2D eigenvalue weighted by molar-refractivity contribution is -0.126. The van der Waals surface area contributed by atoms with E-state index < -0.39 is 11.5 Å². The zero-order valence-electron chi connectivity index (χ0n) is 13.4. The molecule has 0 saturated carbocycles. The summed E-state index contributed by atoms with van der Waals surface area (Å²) in [5.74, 6) is -1.27. The molecule has 0 aliphatic carbocycles. The van der Waals surface area contributed by atoms with Crippen LogP contribution in [0.25, 0.3) is 6.08 Å². The van der Waals surface area contributed by atoms with Gasteiger partial charge in [-0.05, 0) is 29.7 Å². The third kappa shape index (κ3) is 3.30. The molecule has 26 heavy (non-hydrogen) atoms. The summed E-state index contributed by atoms with van der Waals surface area (Å²) in [4.78, 5) is 17.7. The van der Waals surface area contributed by atoms with Crippen LogP contribution in [0.5, 0.6) is 17.2 Å². The van der Waals surface area contributed by atoms with Crippen LogP contribution in [0.2, 0.25) is 10.0 Å². The number of amides is 1. The smallest absolute Gasteiger partial charge is 0.246 e. The van der Waals surface area contributed by atoms with Crippen molar-refractivity contribution >= 4 is 35.2 Å². The van der Waals surface area contributed by atoms with Gasteiger partial charge < -0.3 is 15.1 Å². The fourth-order valence-corrected chi connectivity index (χ4v) is 3.41. The molecular formula is C18H14Cl2FNO4. The summed E-state index contributed by atoms with van der Waals surface area (Å²) in [7, 11) is 0. The fraction of sp³-hybridized carbons (Fsp3) is 0.167. The molecule has 2 aromatic carbocycles. The van der Waals surface area contributed by atoms with Gasteiger partial charge in [0.25, 0.3) is 0 Å². The molecule has 1 amide bonds. The van der Waals surface area contributed by atoms with Gasteiger partial charge in [-0.25, -0.2) is 0 Å². The van der Waals surface area contributed by atoms with Crippen molar-refractivity contribution in [2.24, 2.45) is 0 Å². The van der Waals surface area contributed by atoms with Gasteiger partial charge in [-0.3, -0.25) is 9.74 Å². The maximum Gasteiger partial charge on any atom is 0.246 e. The van der Waals surface area contributed by atoms with Crippen molar-refractivity contribution in [3.63, 3.8) is 0 Å². The fourth-order valence-electron chi connectivity index (χ4n) is 2.84. The van der Waals surface area contributed by atoms with Crippen LogP contribution in [0, 0.1) is 0 Å². The van der Waals surface area contributed by atoms with Crippen LogP contribution in [0.15, 0.2) is 30.3 Å². The number of benzene rings is 2. The second-order valence-electron chi connectivity index (χ2n) is 5.74. The highest BCUT2D eigenvalue weighted by atomic mass is 35.5. The minimum absolute atomic E-state index is 0.00997. The van der Waals surface area contributed by atoms with E-state index in [4.69, 9.17) is 23.2 Å². The van der Waals surface area contributed by atoms with Crippen LogP contribution in [0.1, 0.15) is 16.7 Å². The monoisotopic (exact) mass is 397 g/mol. The topological polar surface area (TPSA) is 70.0 Å². The Labute approximate surface area is 158 Å². The number of phenols is 2. The molecule has 0 fully saturated rings. The lowest BCUT2D eigenvalue weighted by Gasteiger charge is -2.30. The number of carbonyl (C=O) groups excluding carboxylic acids is 1. The molecule has 1 aliphatic rings. The molecule has 2 aromatic rings. The standard InChI is InChI=1S/C18H14Cl2FNO4/c19-15-11-7-8-22(9-12(11)16(20)18(25)17(15)24)14(23)6-5-10-3-1-2-4-13(10)26-21/h1-6,24-25H,7-9H2/b6-5-. The van der Waals surface area contributed by atoms with Crippen molar-refractivity contribution in [3.05, 3.63) is 57.1 Å². The predicted octanol–water partition coefficient (Wildman–Crippen LogP) is 4.27. The van der Waals surface area contributed by atoms with Crippen molar-refractivity contribution in [1.82, 2.24) is 4.90 Å². The number of para-hydroxylation sites is 1. The number of phenolic OH excluding ortho intramolecular Hbond substituents is 2. The molecule has 1 heterocycles. The van der Waals surface area contributed by atoms with Crippen molar-refractivity contribution in [2.45, 2.75) is 13.0 Å². The number of hydrogen-bond acceptors (Lipinski definition) is 4. The van der Waals surface area contributed by atoms with Gasteiger partial charge in [0.1, 0.15) is 0 Å². The van der Waals surface area contributed by atoms with Crippen LogP contribution in [0.3, 0.4) is 0 Å². The Balaban J connectivity index is 1.83. The first-order chi connectivity index (χ1) is 12.4. The second-order valence-corrected chi connectivity index (χ2v) is 6.50. The highest BCUT2D eigenvalue weighted by molar-refractivity contribution is 6.36. The third-order valence-electron chi connectivity index (χ3n) is 4.23. The lowest BCUT2D eigenvalue weighted by Crippen LogP contribution is -2.35. The molecule has 0 unspecified atom stereocenters. The van der Waals surface area contributed by atoms with Crippen LogP contribution < -0.4 is 4.94 Å². The largest absolute Gasteiger partial charge is 0.503 e. The van der Waals surface area contributed by atoms with E-state index in [1.165, 1.54) is 23.1 Å². The molecule has 8 heteroatoms. The SMILES string of the molecule is O=C(/C=C\c1ccccc1OF)N1CCc2c(Cl)c(O)c(O)c(Cl)c2C1. The predicted molar refractivity (Wildman–Crippen MR) is 96.1 cm³/mol. The molecule has 0 bridgehead atoms. The second kappa shape index (κ2) is 7.43. The average Bonchev–Trinajstić information content (AvgIpc) is 2.68. The molecule has 2 N–H and O–H groups in total. The van der Waals surface area contributed by atoms with E-state index in [2.05, 4.69) is 4.94 Å². The maximum atomic E-state index is 12.5. The van der Waals surface area contributed by atoms with Crippen LogP contribution >= 0.6 is 23.2 Å². The Morgan fingerprint density at radius 2 is 1.81 bits per heavy atom. The molecule has 136 valence electrons. The van der Waals surface area contributed by atoms with E-state index >= 15 is 0 Å². The summed E-state index contributed by atoms with van der Waals surface area (Å²) in [6.07, 6.45) is 3.14. The Morgan fingerprint density at radius 1 is 1.15 bits per heavy atom. The van der Waals surface area contributed by atoms with Gasteiger partial charge in [0, 0.05) is 29.3 Å². The van der Waals surface area contributed by atoms with Crippen LogP contribution in [-0.4, -0.2) is 27.6 Å². The summed E-state index contributed by atoms with van der Waals surface area (Å²) in [6, 6.07) is 6.37. The number of carbonyl (C=O) groups is 1. The van der Waals surface area contributed by atoms with Gasteiger partial charge in [-0.15, -0.1) is 0 Å². The summed E-state index contributed by atoms with van der Waals surface area (Å²) >= 11 is 12.1. The lowest BCUT2D eigenvalue weighted by atomic mass is 9.98. The van der Waals surface area contributed by atoms with Gasteiger partial charge in [0.15, 0.2) is 17.2 Å². The van der Waals surface area contributed by atoms with E-state index in [1.807, 2.05) is 0 Å². The zero-order valence-corrected chi connectivity index (χ0v) is 14.9. The molecule has 0 atom stereocenters. The molecule has 0 saturated heterocycles. The third-order valence-corrected chi connectivity index (χ3v) is 5.05. The van der Waals surface area contributed by atoms with E-state index in [0.717, 1.165) is 0 Å². The number of fused-ring (bicyclic) bond motifs is 1. The summed E-state index contributed by atoms with van der Waals surface area (Å²) in [5, 5.41) is 19.6. The van der Waals surface area contributed by atoms with Crippen molar-refractivity contribution in [1.29, 1.82) is 0 Å². The highest BCUT2D eigenvalue weighted by Crippen LogP contribution is 2.46. The number of rotatable bonds is 3. The quantitative estimate of drug-likeness (QED) is 0.599. The van der Waals surface area contributed by atoms with Crippen LogP contribution in [0.4, 0.5) is 4.53 Å². The zero-order chi connectivity index (χ0) is 18.8. The number of halogens is 3.